The van der Waals surface area contributed by atoms with Gasteiger partial charge in [-0.15, -0.1) is 0 Å². The Hall–Kier alpha value is -1.82. The average molecular weight is 965 g/mol. The van der Waals surface area contributed by atoms with Gasteiger partial charge in [0.1, 0.15) is 36.8 Å². The summed E-state index contributed by atoms with van der Waals surface area (Å²) in [5, 5.41) is 78.6. The van der Waals surface area contributed by atoms with E-state index < -0.39 is 112 Å². The maximum atomic E-state index is 13.6. The summed E-state index contributed by atoms with van der Waals surface area (Å²) in [5.41, 5.74) is 0. The van der Waals surface area contributed by atoms with E-state index in [1.54, 1.807) is 0 Å². The SMILES string of the molecule is CCCCCCCCCCCCCCCCCCCC(=O)OC[C@@H]1COP(=O)(O)O[C@H]2[C@H](O)[C@@H](O)[C@H](O)[C@@H](CCCCCCC(=O)O1)C(=O)C[C@@H](O)[C@H](/C=C/[C@@H](O)CCCCC)[C@@H](O)[C@H]2O. The van der Waals surface area contributed by atoms with E-state index >= 15 is 0 Å². The lowest BCUT2D eigenvalue weighted by Crippen LogP contribution is -2.55. The van der Waals surface area contributed by atoms with E-state index in [0.717, 1.165) is 38.5 Å². The number of esters is 2. The van der Waals surface area contributed by atoms with Crippen molar-refractivity contribution in [2.45, 2.75) is 255 Å². The number of ketones is 1. The Morgan fingerprint density at radius 1 is 0.712 bits per heavy atom. The van der Waals surface area contributed by atoms with Crippen molar-refractivity contribution in [3.8, 4) is 0 Å². The third-order valence-electron chi connectivity index (χ3n) is 13.0. The number of fused-ring (bicyclic) bond motifs is 4. The molecule has 2 bridgehead atoms. The molecule has 0 aromatic rings. The molecule has 0 aromatic heterocycles. The van der Waals surface area contributed by atoms with Crippen LogP contribution in [-0.2, 0) is 37.5 Å². The van der Waals surface area contributed by atoms with Gasteiger partial charge in [-0.3, -0.25) is 23.4 Å². The highest BCUT2D eigenvalue weighted by molar-refractivity contribution is 7.47. The van der Waals surface area contributed by atoms with Gasteiger partial charge in [0, 0.05) is 31.1 Å². The number of aliphatic hydroxyl groups is 7. The van der Waals surface area contributed by atoms with Crippen molar-refractivity contribution >= 4 is 25.5 Å². The first-order valence-corrected chi connectivity index (χ1v) is 27.1. The number of ether oxygens (including phenoxy) is 2. The quantitative estimate of drug-likeness (QED) is 0.0184. The van der Waals surface area contributed by atoms with Crippen LogP contribution in [0, 0.1) is 11.8 Å². The maximum Gasteiger partial charge on any atom is 0.472 e. The molecule has 16 nitrogen and oxygen atoms in total. The Morgan fingerprint density at radius 3 is 1.83 bits per heavy atom. The fourth-order valence-corrected chi connectivity index (χ4v) is 9.76. The Balaban J connectivity index is 2.06. The molecule has 1 unspecified atom stereocenters. The normalized spacial score (nSPS) is 30.7. The second kappa shape index (κ2) is 35.3. The molecule has 2 fully saturated rings. The summed E-state index contributed by atoms with van der Waals surface area (Å²) >= 11 is 0. The molecule has 1 saturated heterocycles. The van der Waals surface area contributed by atoms with Crippen LogP contribution in [0.3, 0.4) is 0 Å². The van der Waals surface area contributed by atoms with Crippen molar-refractivity contribution in [1.29, 1.82) is 0 Å². The molecule has 1 heterocycles. The first kappa shape index (κ1) is 60.3. The number of cyclic esters (lactones) is 1. The monoisotopic (exact) mass is 965 g/mol. The number of rotatable bonds is 26. The zero-order valence-corrected chi connectivity index (χ0v) is 41.1. The molecule has 0 amide bonds. The van der Waals surface area contributed by atoms with E-state index in [1.807, 2.05) is 6.92 Å². The van der Waals surface area contributed by atoms with Crippen LogP contribution in [0.15, 0.2) is 12.2 Å². The van der Waals surface area contributed by atoms with Crippen LogP contribution in [-0.4, -0.2) is 127 Å². The second-order valence-corrected chi connectivity index (χ2v) is 20.2. The van der Waals surface area contributed by atoms with E-state index in [2.05, 4.69) is 6.92 Å². The number of aliphatic hydroxyl groups excluding tert-OH is 7. The predicted octanol–water partition coefficient (Wildman–Crippen LogP) is 7.21. The van der Waals surface area contributed by atoms with Crippen molar-refractivity contribution < 1.29 is 78.1 Å². The van der Waals surface area contributed by atoms with Gasteiger partial charge in [-0.25, -0.2) is 4.57 Å². The molecule has 17 heteroatoms. The molecule has 1 saturated carbocycles. The smallest absolute Gasteiger partial charge is 0.462 e. The Kier molecular flexibility index (Phi) is 32.3. The fraction of sp³-hybridized carbons (Fsp3) is 0.898. The molecule has 12 atom stereocenters. The summed E-state index contributed by atoms with van der Waals surface area (Å²) in [6.45, 7) is 2.86. The molecule has 1 aliphatic heterocycles. The fourth-order valence-electron chi connectivity index (χ4n) is 8.79. The van der Waals surface area contributed by atoms with E-state index in [-0.39, 0.29) is 19.3 Å². The minimum atomic E-state index is -5.44. The summed E-state index contributed by atoms with van der Waals surface area (Å²) < 4.78 is 34.7. The summed E-state index contributed by atoms with van der Waals surface area (Å²) in [6.07, 6.45) is 9.02. The summed E-state index contributed by atoms with van der Waals surface area (Å²) in [5.74, 6) is -4.84. The number of carbonyl (C=O) groups is 3. The van der Waals surface area contributed by atoms with Crippen LogP contribution in [0.1, 0.15) is 200 Å². The zero-order valence-electron chi connectivity index (χ0n) is 40.2. The third kappa shape index (κ3) is 25.2. The lowest BCUT2D eigenvalue weighted by molar-refractivity contribution is -0.166. The summed E-state index contributed by atoms with van der Waals surface area (Å²) in [6, 6.07) is 0. The molecule has 8 N–H and O–H groups in total. The topological polar surface area (TPSA) is 267 Å². The van der Waals surface area contributed by atoms with Crippen molar-refractivity contribution in [3.63, 3.8) is 0 Å². The van der Waals surface area contributed by atoms with Crippen LogP contribution in [0.2, 0.25) is 0 Å². The van der Waals surface area contributed by atoms with Gasteiger partial charge in [0.25, 0.3) is 0 Å². The molecule has 1 aliphatic carbocycles. The highest BCUT2D eigenvalue weighted by Crippen LogP contribution is 2.47. The Bertz CT molecular complexity index is 1380. The molecule has 2 rings (SSSR count). The maximum absolute atomic E-state index is 13.6. The van der Waals surface area contributed by atoms with Crippen LogP contribution in [0.5, 0.6) is 0 Å². The molecular formula is C49H89O16P. The first-order chi connectivity index (χ1) is 31.6. The van der Waals surface area contributed by atoms with E-state index in [0.29, 0.717) is 44.9 Å². The molecule has 2 aliphatic rings. The van der Waals surface area contributed by atoms with Gasteiger partial charge in [-0.2, -0.15) is 0 Å². The van der Waals surface area contributed by atoms with Gasteiger partial charge >= 0.3 is 19.8 Å². The molecule has 66 heavy (non-hydrogen) atoms. The van der Waals surface area contributed by atoms with Gasteiger partial charge in [0.2, 0.25) is 0 Å². The first-order valence-electron chi connectivity index (χ1n) is 25.6. The van der Waals surface area contributed by atoms with Crippen molar-refractivity contribution in [3.05, 3.63) is 12.2 Å². The van der Waals surface area contributed by atoms with E-state index in [9.17, 15) is 59.6 Å². The van der Waals surface area contributed by atoms with Gasteiger partial charge in [-0.1, -0.05) is 167 Å². The highest BCUT2D eigenvalue weighted by atomic mass is 31.2. The summed E-state index contributed by atoms with van der Waals surface area (Å²) in [7, 11) is -5.44. The molecule has 0 aromatic carbocycles. The summed E-state index contributed by atoms with van der Waals surface area (Å²) in [4.78, 5) is 50.1. The van der Waals surface area contributed by atoms with Crippen LogP contribution in [0.4, 0.5) is 0 Å². The lowest BCUT2D eigenvalue weighted by Gasteiger charge is -2.36. The number of carbonyl (C=O) groups excluding carboxylic acids is 3. The number of phosphoric acid groups is 1. The minimum Gasteiger partial charge on any atom is -0.462 e. The molecule has 386 valence electrons. The number of hydrogen-bond acceptors (Lipinski definition) is 15. The largest absolute Gasteiger partial charge is 0.472 e. The standard InChI is InChI=1S/C49H89O16P/c1-3-5-7-8-9-10-11-12-13-14-15-16-17-18-19-20-25-29-42(53)62-34-37-35-63-66(60,61)65-49-47(58)45(56)39(32-31-36(50)27-23-6-4-2)41(52)33-40(51)38(44(55)46(57)48(49)59)28-24-21-22-26-30-43(54)64-37/h31-32,36-39,41,44-50,52,55-59H,3-30,33-35H2,1-2H3,(H,60,61)/b32-31+/t36-,37+,38-,39-,41+,44+,45+,46-,47+,48+,49+/m0/s1. The second-order valence-electron chi connectivity index (χ2n) is 18.8. The van der Waals surface area contributed by atoms with Crippen molar-refractivity contribution in [1.82, 2.24) is 0 Å². The molecule has 0 spiro atoms. The minimum absolute atomic E-state index is 0.0251. The average Bonchev–Trinajstić information content (AvgIpc) is 3.28. The zero-order chi connectivity index (χ0) is 48.7. The van der Waals surface area contributed by atoms with Crippen molar-refractivity contribution in [2.75, 3.05) is 13.2 Å². The highest BCUT2D eigenvalue weighted by Gasteiger charge is 2.49. The number of phosphoric ester groups is 1. The third-order valence-corrected chi connectivity index (χ3v) is 14.0. The van der Waals surface area contributed by atoms with Gasteiger partial charge in [0.05, 0.1) is 31.0 Å². The van der Waals surface area contributed by atoms with Crippen LogP contribution < -0.4 is 0 Å². The van der Waals surface area contributed by atoms with Gasteiger partial charge in [-0.05, 0) is 25.7 Å². The van der Waals surface area contributed by atoms with Gasteiger partial charge in [0.15, 0.2) is 6.10 Å². The van der Waals surface area contributed by atoms with E-state index in [1.165, 1.54) is 89.2 Å². The molecule has 0 radical (unpaired) electrons. The lowest BCUT2D eigenvalue weighted by atomic mass is 9.83. The predicted molar refractivity (Wildman–Crippen MR) is 250 cm³/mol. The Morgan fingerprint density at radius 2 is 1.24 bits per heavy atom. The number of unbranched alkanes of at least 4 members (excludes halogenated alkanes) is 18. The van der Waals surface area contributed by atoms with Gasteiger partial charge < -0.3 is 50.1 Å². The number of Topliss-reactive ketones (excluding diaryl/α,β-unsaturated/α-hetero) is 1. The number of hydrogen-bond donors (Lipinski definition) is 8. The van der Waals surface area contributed by atoms with E-state index in [4.69, 9.17) is 18.5 Å². The van der Waals surface area contributed by atoms with Crippen molar-refractivity contribution in [2.24, 2.45) is 11.8 Å². The molecular weight excluding hydrogens is 875 g/mol. The van der Waals surface area contributed by atoms with Crippen LogP contribution >= 0.6 is 7.82 Å². The van der Waals surface area contributed by atoms with Crippen LogP contribution in [0.25, 0.3) is 0 Å². The Labute approximate surface area is 394 Å².